The average Bonchev–Trinajstić information content (AvgIpc) is 2.47. The summed E-state index contributed by atoms with van der Waals surface area (Å²) in [4.78, 5) is 11.8. The molecule has 4 nitrogen and oxygen atoms in total. The summed E-state index contributed by atoms with van der Waals surface area (Å²) in [5.74, 6) is 0.530. The van der Waals surface area contributed by atoms with Crippen molar-refractivity contribution < 1.29 is 14.3 Å². The monoisotopic (exact) mass is 351 g/mol. The number of hydrogen-bond donors (Lipinski definition) is 1. The number of carbonyl (C=O) groups excluding carboxylic acids is 1. The molecule has 21 heavy (non-hydrogen) atoms. The van der Waals surface area contributed by atoms with Gasteiger partial charge in [0.25, 0.3) is 5.91 Å². The van der Waals surface area contributed by atoms with Crippen molar-refractivity contribution >= 4 is 32.6 Å². The molecule has 5 heteroatoms. The fourth-order valence-electron chi connectivity index (χ4n) is 1.95. The highest BCUT2D eigenvalue weighted by molar-refractivity contribution is 9.10. The van der Waals surface area contributed by atoms with Gasteiger partial charge in [-0.25, -0.2) is 0 Å². The van der Waals surface area contributed by atoms with Crippen molar-refractivity contribution in [3.05, 3.63) is 40.9 Å². The van der Waals surface area contributed by atoms with Crippen molar-refractivity contribution in [1.29, 1.82) is 0 Å². The molecular weight excluding hydrogens is 334 g/mol. The van der Waals surface area contributed by atoms with E-state index in [9.17, 15) is 4.79 Å². The van der Waals surface area contributed by atoms with Gasteiger partial charge in [0, 0.05) is 18.1 Å². The maximum absolute atomic E-state index is 11.8. The Balaban J connectivity index is 2.02. The highest BCUT2D eigenvalue weighted by Gasteiger charge is 2.14. The predicted molar refractivity (Wildman–Crippen MR) is 86.6 cm³/mol. The maximum Gasteiger partial charge on any atom is 0.260 e. The minimum absolute atomic E-state index is 0.150. The Bertz CT molecular complexity index is 630. The number of ether oxygens (including phenoxy) is 2. The number of halogens is 1. The number of carbonyl (C=O) groups is 1. The number of hydrogen-bond acceptors (Lipinski definition) is 3. The molecule has 2 rings (SSSR count). The Labute approximate surface area is 132 Å². The minimum Gasteiger partial charge on any atom is -0.481 e. The number of nitrogens with one attached hydrogen (secondary N) is 1. The molecule has 1 unspecified atom stereocenters. The summed E-state index contributed by atoms with van der Waals surface area (Å²) in [6.45, 7) is 2.70. The van der Waals surface area contributed by atoms with Gasteiger partial charge in [-0.3, -0.25) is 4.79 Å². The van der Waals surface area contributed by atoms with Gasteiger partial charge in [-0.05, 0) is 42.0 Å². The van der Waals surface area contributed by atoms with Crippen molar-refractivity contribution in [3.8, 4) is 5.75 Å². The van der Waals surface area contributed by atoms with E-state index in [4.69, 9.17) is 9.47 Å². The lowest BCUT2D eigenvalue weighted by atomic mass is 10.1. The molecule has 0 radical (unpaired) electrons. The van der Waals surface area contributed by atoms with Crippen molar-refractivity contribution in [2.75, 3.05) is 20.3 Å². The zero-order valence-corrected chi connectivity index (χ0v) is 13.6. The maximum atomic E-state index is 11.8. The van der Waals surface area contributed by atoms with E-state index in [1.54, 1.807) is 14.0 Å². The lowest BCUT2D eigenvalue weighted by Gasteiger charge is -2.15. The first-order valence-electron chi connectivity index (χ1n) is 6.73. The molecule has 0 spiro atoms. The zero-order valence-electron chi connectivity index (χ0n) is 12.1. The molecule has 0 heterocycles. The van der Waals surface area contributed by atoms with E-state index < -0.39 is 6.10 Å². The molecule has 1 amide bonds. The van der Waals surface area contributed by atoms with Gasteiger partial charge in [0.15, 0.2) is 6.10 Å². The summed E-state index contributed by atoms with van der Waals surface area (Å²) in [7, 11) is 1.60. The van der Waals surface area contributed by atoms with Crippen molar-refractivity contribution in [2.45, 2.75) is 13.0 Å². The largest absolute Gasteiger partial charge is 0.481 e. The van der Waals surface area contributed by atoms with Gasteiger partial charge in [-0.1, -0.05) is 28.1 Å². The van der Waals surface area contributed by atoms with Crippen LogP contribution in [0.15, 0.2) is 40.9 Å². The number of methoxy groups -OCH3 is 1. The molecule has 0 aliphatic rings. The summed E-state index contributed by atoms with van der Waals surface area (Å²) in [5, 5.41) is 4.94. The molecule has 0 aliphatic heterocycles. The van der Waals surface area contributed by atoms with Crippen LogP contribution in [0.1, 0.15) is 6.92 Å². The fraction of sp³-hybridized carbons (Fsp3) is 0.312. The molecule has 1 N–H and O–H groups in total. The van der Waals surface area contributed by atoms with Gasteiger partial charge < -0.3 is 14.8 Å². The fourth-order valence-corrected chi connectivity index (χ4v) is 2.32. The Morgan fingerprint density at radius 2 is 1.95 bits per heavy atom. The summed E-state index contributed by atoms with van der Waals surface area (Å²) >= 11 is 3.45. The lowest BCUT2D eigenvalue weighted by Crippen LogP contribution is -2.37. The molecule has 0 saturated heterocycles. The molecule has 0 aromatic heterocycles. The third-order valence-electron chi connectivity index (χ3n) is 3.06. The second-order valence-electron chi connectivity index (χ2n) is 4.70. The Morgan fingerprint density at radius 3 is 2.71 bits per heavy atom. The van der Waals surface area contributed by atoms with Gasteiger partial charge in [-0.2, -0.15) is 0 Å². The lowest BCUT2D eigenvalue weighted by molar-refractivity contribution is -0.127. The molecule has 0 bridgehead atoms. The van der Waals surface area contributed by atoms with Crippen molar-refractivity contribution in [3.63, 3.8) is 0 Å². The first-order valence-corrected chi connectivity index (χ1v) is 7.52. The molecule has 2 aromatic carbocycles. The van der Waals surface area contributed by atoms with E-state index in [0.29, 0.717) is 18.9 Å². The van der Waals surface area contributed by atoms with E-state index in [1.807, 2.05) is 36.4 Å². The second-order valence-corrected chi connectivity index (χ2v) is 5.61. The van der Waals surface area contributed by atoms with Gasteiger partial charge in [-0.15, -0.1) is 0 Å². The molecule has 0 aliphatic carbocycles. The van der Waals surface area contributed by atoms with Crippen LogP contribution in [-0.4, -0.2) is 32.3 Å². The first-order chi connectivity index (χ1) is 10.1. The second kappa shape index (κ2) is 7.43. The van der Waals surface area contributed by atoms with Crippen LogP contribution in [0.5, 0.6) is 5.75 Å². The van der Waals surface area contributed by atoms with Crippen molar-refractivity contribution in [1.82, 2.24) is 5.32 Å². The Kier molecular flexibility index (Phi) is 5.59. The number of rotatable bonds is 6. The Morgan fingerprint density at radius 1 is 1.24 bits per heavy atom. The van der Waals surface area contributed by atoms with E-state index in [-0.39, 0.29) is 5.91 Å². The quantitative estimate of drug-likeness (QED) is 0.813. The smallest absolute Gasteiger partial charge is 0.260 e. The van der Waals surface area contributed by atoms with Gasteiger partial charge >= 0.3 is 0 Å². The zero-order chi connectivity index (χ0) is 15.2. The van der Waals surface area contributed by atoms with Crippen LogP contribution in [0.25, 0.3) is 10.8 Å². The molecule has 112 valence electrons. The van der Waals surface area contributed by atoms with Crippen LogP contribution in [0.3, 0.4) is 0 Å². The third kappa shape index (κ3) is 4.44. The van der Waals surface area contributed by atoms with Crippen molar-refractivity contribution in [2.24, 2.45) is 0 Å². The first kappa shape index (κ1) is 15.8. The normalized spacial score (nSPS) is 12.1. The van der Waals surface area contributed by atoms with Crippen LogP contribution >= 0.6 is 15.9 Å². The number of benzene rings is 2. The van der Waals surface area contributed by atoms with Crippen LogP contribution in [0, 0.1) is 0 Å². The molecule has 0 fully saturated rings. The number of amides is 1. The van der Waals surface area contributed by atoms with Gasteiger partial charge in [0.05, 0.1) is 6.61 Å². The van der Waals surface area contributed by atoms with E-state index in [2.05, 4.69) is 21.2 Å². The Hall–Kier alpha value is -1.59. The van der Waals surface area contributed by atoms with Crippen LogP contribution in [0.4, 0.5) is 0 Å². The van der Waals surface area contributed by atoms with Gasteiger partial charge in [0.1, 0.15) is 5.75 Å². The highest BCUT2D eigenvalue weighted by Crippen LogP contribution is 2.24. The van der Waals surface area contributed by atoms with Crippen LogP contribution < -0.4 is 10.1 Å². The summed E-state index contributed by atoms with van der Waals surface area (Å²) in [5.41, 5.74) is 0. The SMILES string of the molecule is COCCNC(=O)C(C)Oc1ccc2cc(Br)ccc2c1. The molecule has 2 aromatic rings. The average molecular weight is 352 g/mol. The van der Waals surface area contributed by atoms with Crippen LogP contribution in [-0.2, 0) is 9.53 Å². The predicted octanol–water partition coefficient (Wildman–Crippen LogP) is 3.13. The summed E-state index contributed by atoms with van der Waals surface area (Å²) in [6.07, 6.45) is -0.547. The van der Waals surface area contributed by atoms with Gasteiger partial charge in [0.2, 0.25) is 0 Å². The molecule has 0 saturated carbocycles. The number of fused-ring (bicyclic) bond motifs is 1. The topological polar surface area (TPSA) is 47.6 Å². The highest BCUT2D eigenvalue weighted by atomic mass is 79.9. The standard InChI is InChI=1S/C16H18BrNO3/c1-11(16(19)18-7-8-20-2)21-15-6-4-12-9-14(17)5-3-13(12)10-15/h3-6,9-11H,7-8H2,1-2H3,(H,18,19). The van der Waals surface area contributed by atoms with E-state index in [0.717, 1.165) is 15.2 Å². The van der Waals surface area contributed by atoms with E-state index in [1.165, 1.54) is 0 Å². The molecule has 1 atom stereocenters. The minimum atomic E-state index is -0.547. The summed E-state index contributed by atoms with van der Waals surface area (Å²) in [6, 6.07) is 11.8. The summed E-state index contributed by atoms with van der Waals surface area (Å²) < 4.78 is 11.6. The third-order valence-corrected chi connectivity index (χ3v) is 3.55. The van der Waals surface area contributed by atoms with E-state index >= 15 is 0 Å². The van der Waals surface area contributed by atoms with Crippen LogP contribution in [0.2, 0.25) is 0 Å². The molecular formula is C16H18BrNO3.